The Morgan fingerprint density at radius 1 is 1.16 bits per heavy atom. The number of carbonyl (C=O) groups is 1. The molecule has 1 heterocycles. The molecule has 0 atom stereocenters. The summed E-state index contributed by atoms with van der Waals surface area (Å²) in [4.78, 5) is 23.2. The van der Waals surface area contributed by atoms with Gasteiger partial charge in [-0.15, -0.1) is 0 Å². The van der Waals surface area contributed by atoms with Gasteiger partial charge in [-0.25, -0.2) is 9.18 Å². The standard InChI is InChI=1S/C19H16FNO4/c1-24-17-6-2-12(10-15(17)20)3-8-18(22)21-14-5-7-16-13(11-14)4-9-19(23)25-16/h2,4-7,9-11H,3,8H2,1H3,(H,21,22). The number of methoxy groups -OCH3 is 1. The first-order valence-electron chi connectivity index (χ1n) is 7.71. The number of anilines is 1. The highest BCUT2D eigenvalue weighted by Crippen LogP contribution is 2.20. The molecule has 0 radical (unpaired) electrons. The van der Waals surface area contributed by atoms with Crippen LogP contribution < -0.4 is 15.7 Å². The van der Waals surface area contributed by atoms with Crippen LogP contribution in [0.5, 0.6) is 5.75 Å². The van der Waals surface area contributed by atoms with Gasteiger partial charge < -0.3 is 14.5 Å². The summed E-state index contributed by atoms with van der Waals surface area (Å²) in [5, 5.41) is 3.50. The molecule has 0 spiro atoms. The number of benzene rings is 2. The Labute approximate surface area is 143 Å². The molecule has 1 amide bonds. The van der Waals surface area contributed by atoms with Crippen LogP contribution in [0.1, 0.15) is 12.0 Å². The Kier molecular flexibility index (Phi) is 4.79. The molecular weight excluding hydrogens is 325 g/mol. The molecule has 3 aromatic rings. The van der Waals surface area contributed by atoms with E-state index in [0.29, 0.717) is 23.3 Å². The summed E-state index contributed by atoms with van der Waals surface area (Å²) in [5.74, 6) is -0.458. The van der Waals surface area contributed by atoms with Crippen molar-refractivity contribution in [2.45, 2.75) is 12.8 Å². The van der Waals surface area contributed by atoms with Crippen LogP contribution >= 0.6 is 0 Å². The molecule has 0 fully saturated rings. The summed E-state index contributed by atoms with van der Waals surface area (Å²) < 4.78 is 23.6. The van der Waals surface area contributed by atoms with E-state index < -0.39 is 11.4 Å². The van der Waals surface area contributed by atoms with E-state index in [1.54, 1.807) is 36.4 Å². The average Bonchev–Trinajstić information content (AvgIpc) is 2.60. The lowest BCUT2D eigenvalue weighted by Crippen LogP contribution is -2.12. The van der Waals surface area contributed by atoms with Crippen LogP contribution in [-0.2, 0) is 11.2 Å². The predicted molar refractivity (Wildman–Crippen MR) is 92.4 cm³/mol. The number of rotatable bonds is 5. The SMILES string of the molecule is COc1ccc(CCC(=O)Nc2ccc3oc(=O)ccc3c2)cc1F. The molecule has 0 aliphatic rings. The lowest BCUT2D eigenvalue weighted by molar-refractivity contribution is -0.116. The van der Waals surface area contributed by atoms with Crippen molar-refractivity contribution in [3.63, 3.8) is 0 Å². The maximum absolute atomic E-state index is 13.6. The molecule has 6 heteroatoms. The topological polar surface area (TPSA) is 68.5 Å². The van der Waals surface area contributed by atoms with Crippen molar-refractivity contribution in [3.05, 3.63) is 70.3 Å². The molecule has 25 heavy (non-hydrogen) atoms. The summed E-state index contributed by atoms with van der Waals surface area (Å²) in [7, 11) is 1.40. The van der Waals surface area contributed by atoms with Gasteiger partial charge >= 0.3 is 5.63 Å². The van der Waals surface area contributed by atoms with Crippen LogP contribution in [-0.4, -0.2) is 13.0 Å². The Balaban J connectivity index is 1.63. The molecule has 0 saturated carbocycles. The number of carbonyl (C=O) groups excluding carboxylic acids is 1. The molecule has 0 aliphatic carbocycles. The third kappa shape index (κ3) is 4.03. The average molecular weight is 341 g/mol. The fourth-order valence-electron chi connectivity index (χ4n) is 2.50. The number of nitrogens with one attached hydrogen (secondary N) is 1. The van der Waals surface area contributed by atoms with Gasteiger partial charge in [-0.3, -0.25) is 4.79 Å². The fraction of sp³-hybridized carbons (Fsp3) is 0.158. The third-order valence-corrected chi connectivity index (χ3v) is 3.76. The highest BCUT2D eigenvalue weighted by atomic mass is 19.1. The van der Waals surface area contributed by atoms with Crippen LogP contribution in [0.15, 0.2) is 57.7 Å². The van der Waals surface area contributed by atoms with Crippen LogP contribution in [0.2, 0.25) is 0 Å². The second-order valence-corrected chi connectivity index (χ2v) is 5.52. The maximum atomic E-state index is 13.6. The van der Waals surface area contributed by atoms with Crippen LogP contribution in [0.4, 0.5) is 10.1 Å². The third-order valence-electron chi connectivity index (χ3n) is 3.76. The van der Waals surface area contributed by atoms with Crippen molar-refractivity contribution < 1.29 is 18.3 Å². The van der Waals surface area contributed by atoms with E-state index in [4.69, 9.17) is 9.15 Å². The molecule has 2 aromatic carbocycles. The highest BCUT2D eigenvalue weighted by Gasteiger charge is 2.07. The van der Waals surface area contributed by atoms with Crippen molar-refractivity contribution in [2.24, 2.45) is 0 Å². The van der Waals surface area contributed by atoms with E-state index in [1.807, 2.05) is 0 Å². The molecule has 5 nitrogen and oxygen atoms in total. The zero-order valence-electron chi connectivity index (χ0n) is 13.5. The lowest BCUT2D eigenvalue weighted by Gasteiger charge is -2.07. The minimum atomic E-state index is -0.448. The van der Waals surface area contributed by atoms with Gasteiger partial charge in [0.2, 0.25) is 5.91 Å². The lowest BCUT2D eigenvalue weighted by atomic mass is 10.1. The minimum absolute atomic E-state index is 0.177. The summed E-state index contributed by atoms with van der Waals surface area (Å²) in [6.07, 6.45) is 0.628. The zero-order valence-corrected chi connectivity index (χ0v) is 13.5. The monoisotopic (exact) mass is 341 g/mol. The number of ether oxygens (including phenoxy) is 1. The Hall–Kier alpha value is -3.15. The van der Waals surface area contributed by atoms with Gasteiger partial charge in [0.05, 0.1) is 7.11 Å². The normalized spacial score (nSPS) is 10.6. The number of amides is 1. The predicted octanol–water partition coefficient (Wildman–Crippen LogP) is 3.51. The summed E-state index contributed by atoms with van der Waals surface area (Å²) in [5.41, 5.74) is 1.36. The molecule has 0 saturated heterocycles. The Morgan fingerprint density at radius 3 is 2.76 bits per heavy atom. The van der Waals surface area contributed by atoms with Gasteiger partial charge in [0, 0.05) is 23.6 Å². The van der Waals surface area contributed by atoms with Crippen LogP contribution in [0, 0.1) is 5.82 Å². The van der Waals surface area contributed by atoms with Crippen molar-refractivity contribution in [1.29, 1.82) is 0 Å². The number of hydrogen-bond donors (Lipinski definition) is 1. The quantitative estimate of drug-likeness (QED) is 0.721. The second kappa shape index (κ2) is 7.17. The van der Waals surface area contributed by atoms with E-state index in [9.17, 15) is 14.0 Å². The number of fused-ring (bicyclic) bond motifs is 1. The Bertz CT molecular complexity index is 981. The first-order valence-corrected chi connectivity index (χ1v) is 7.71. The maximum Gasteiger partial charge on any atom is 0.336 e. The van der Waals surface area contributed by atoms with Gasteiger partial charge in [-0.1, -0.05) is 6.07 Å². The molecule has 128 valence electrons. The van der Waals surface area contributed by atoms with Gasteiger partial charge in [-0.05, 0) is 48.4 Å². The second-order valence-electron chi connectivity index (χ2n) is 5.52. The van der Waals surface area contributed by atoms with Crippen molar-refractivity contribution >= 4 is 22.6 Å². The number of aryl methyl sites for hydroxylation is 1. The highest BCUT2D eigenvalue weighted by molar-refractivity contribution is 5.93. The van der Waals surface area contributed by atoms with Gasteiger partial charge in [0.15, 0.2) is 11.6 Å². The Morgan fingerprint density at radius 2 is 2.00 bits per heavy atom. The zero-order chi connectivity index (χ0) is 17.8. The molecule has 0 bridgehead atoms. The van der Waals surface area contributed by atoms with Gasteiger partial charge in [0.1, 0.15) is 5.58 Å². The van der Waals surface area contributed by atoms with Crippen LogP contribution in [0.25, 0.3) is 11.0 Å². The van der Waals surface area contributed by atoms with Crippen molar-refractivity contribution in [3.8, 4) is 5.75 Å². The molecule has 0 unspecified atom stereocenters. The largest absolute Gasteiger partial charge is 0.494 e. The summed E-state index contributed by atoms with van der Waals surface area (Å²) in [6.45, 7) is 0. The van der Waals surface area contributed by atoms with Gasteiger partial charge in [-0.2, -0.15) is 0 Å². The smallest absolute Gasteiger partial charge is 0.336 e. The van der Waals surface area contributed by atoms with E-state index in [2.05, 4.69) is 5.32 Å². The van der Waals surface area contributed by atoms with Crippen molar-refractivity contribution in [1.82, 2.24) is 0 Å². The molecule has 1 N–H and O–H groups in total. The van der Waals surface area contributed by atoms with Gasteiger partial charge in [0.25, 0.3) is 0 Å². The fourth-order valence-corrected chi connectivity index (χ4v) is 2.50. The molecular formula is C19H16FNO4. The molecule has 3 rings (SSSR count). The number of halogens is 1. The van der Waals surface area contributed by atoms with E-state index in [-0.39, 0.29) is 18.1 Å². The van der Waals surface area contributed by atoms with E-state index in [1.165, 1.54) is 19.2 Å². The summed E-state index contributed by atoms with van der Waals surface area (Å²) >= 11 is 0. The first-order chi connectivity index (χ1) is 12.0. The number of hydrogen-bond acceptors (Lipinski definition) is 4. The van der Waals surface area contributed by atoms with Crippen LogP contribution in [0.3, 0.4) is 0 Å². The molecule has 1 aromatic heterocycles. The minimum Gasteiger partial charge on any atom is -0.494 e. The first kappa shape index (κ1) is 16.7. The summed E-state index contributed by atoms with van der Waals surface area (Å²) in [6, 6.07) is 12.6. The molecule has 0 aliphatic heterocycles. The van der Waals surface area contributed by atoms with E-state index >= 15 is 0 Å². The van der Waals surface area contributed by atoms with E-state index in [0.717, 1.165) is 5.39 Å². The van der Waals surface area contributed by atoms with Crippen molar-refractivity contribution in [2.75, 3.05) is 12.4 Å².